The predicted octanol–water partition coefficient (Wildman–Crippen LogP) is -1.69. The first-order chi connectivity index (χ1) is 7.91. The molecule has 94 valence electrons. The lowest BCUT2D eigenvalue weighted by molar-refractivity contribution is -0.0356. The van der Waals surface area contributed by atoms with Gasteiger partial charge in [0.15, 0.2) is 6.23 Å². The Morgan fingerprint density at radius 1 is 1.41 bits per heavy atom. The standard InChI is InChI=1S/C9H11FN2O5/c1-3-5(13)6(14)8(17-3)12-2-4(10)7(15)11-9(12)16/h2-3,5-6,8,13-14H,1H3,(H,11,15,16)/t3-,5?,6?,8+/m0/s1. The summed E-state index contributed by atoms with van der Waals surface area (Å²) in [5, 5.41) is 19.1. The van der Waals surface area contributed by atoms with Gasteiger partial charge in [-0.2, -0.15) is 4.39 Å². The molecule has 0 bridgehead atoms. The lowest BCUT2D eigenvalue weighted by atomic mass is 10.1. The van der Waals surface area contributed by atoms with Crippen molar-refractivity contribution >= 4 is 0 Å². The maximum Gasteiger partial charge on any atom is 0.330 e. The third-order valence-corrected chi connectivity index (χ3v) is 2.68. The highest BCUT2D eigenvalue weighted by molar-refractivity contribution is 4.93. The molecule has 1 aliphatic rings. The molecule has 0 spiro atoms. The highest BCUT2D eigenvalue weighted by atomic mass is 19.1. The molecule has 7 nitrogen and oxygen atoms in total. The molecule has 0 saturated carbocycles. The van der Waals surface area contributed by atoms with Crippen LogP contribution in [-0.4, -0.2) is 38.1 Å². The Bertz CT molecular complexity index is 539. The van der Waals surface area contributed by atoms with E-state index >= 15 is 0 Å². The summed E-state index contributed by atoms with van der Waals surface area (Å²) in [7, 11) is 0. The molecule has 2 rings (SSSR count). The van der Waals surface area contributed by atoms with Gasteiger partial charge < -0.3 is 14.9 Å². The van der Waals surface area contributed by atoms with Crippen LogP contribution in [0.1, 0.15) is 13.2 Å². The van der Waals surface area contributed by atoms with Crippen molar-refractivity contribution < 1.29 is 19.3 Å². The van der Waals surface area contributed by atoms with Gasteiger partial charge >= 0.3 is 5.69 Å². The number of nitrogens with zero attached hydrogens (tertiary/aromatic N) is 1. The summed E-state index contributed by atoms with van der Waals surface area (Å²) in [6, 6.07) is 0. The van der Waals surface area contributed by atoms with Gasteiger partial charge in [0.05, 0.1) is 12.3 Å². The largest absolute Gasteiger partial charge is 0.388 e. The van der Waals surface area contributed by atoms with Crippen LogP contribution in [0.2, 0.25) is 0 Å². The van der Waals surface area contributed by atoms with Crippen LogP contribution >= 0.6 is 0 Å². The Kier molecular flexibility index (Phi) is 2.86. The SMILES string of the molecule is C[C@@H]1O[C@@H](n2cc(F)c(=O)[nH]c2=O)C(O)C1O. The van der Waals surface area contributed by atoms with E-state index < -0.39 is 41.6 Å². The van der Waals surface area contributed by atoms with Crippen molar-refractivity contribution in [3.05, 3.63) is 32.9 Å². The van der Waals surface area contributed by atoms with E-state index in [1.165, 1.54) is 6.92 Å². The maximum atomic E-state index is 13.0. The van der Waals surface area contributed by atoms with E-state index in [1.54, 1.807) is 4.98 Å². The van der Waals surface area contributed by atoms with Crippen LogP contribution in [0.4, 0.5) is 4.39 Å². The van der Waals surface area contributed by atoms with Gasteiger partial charge in [-0.15, -0.1) is 0 Å². The number of H-pyrrole nitrogens is 1. The Balaban J connectivity index is 2.46. The zero-order valence-corrected chi connectivity index (χ0v) is 8.83. The van der Waals surface area contributed by atoms with Crippen molar-refractivity contribution in [1.29, 1.82) is 0 Å². The molecule has 8 heteroatoms. The first-order valence-electron chi connectivity index (χ1n) is 4.94. The quantitative estimate of drug-likeness (QED) is 0.548. The first kappa shape index (κ1) is 12.0. The van der Waals surface area contributed by atoms with Crippen LogP contribution in [0.5, 0.6) is 0 Å². The van der Waals surface area contributed by atoms with Gasteiger partial charge in [-0.05, 0) is 6.92 Å². The van der Waals surface area contributed by atoms with Crippen LogP contribution in [-0.2, 0) is 4.74 Å². The number of aromatic nitrogens is 2. The number of ether oxygens (including phenoxy) is 1. The summed E-state index contributed by atoms with van der Waals surface area (Å²) < 4.78 is 18.9. The minimum absolute atomic E-state index is 0.639. The highest BCUT2D eigenvalue weighted by Gasteiger charge is 2.41. The highest BCUT2D eigenvalue weighted by Crippen LogP contribution is 2.27. The molecule has 3 N–H and O–H groups in total. The third kappa shape index (κ3) is 1.90. The van der Waals surface area contributed by atoms with Gasteiger partial charge in [0, 0.05) is 0 Å². The van der Waals surface area contributed by atoms with Gasteiger partial charge in [-0.1, -0.05) is 0 Å². The number of aromatic amines is 1. The van der Waals surface area contributed by atoms with Crippen LogP contribution in [0.25, 0.3) is 0 Å². The lowest BCUT2D eigenvalue weighted by Crippen LogP contribution is -2.38. The zero-order valence-electron chi connectivity index (χ0n) is 8.83. The molecule has 4 atom stereocenters. The normalized spacial score (nSPS) is 32.9. The zero-order chi connectivity index (χ0) is 12.7. The summed E-state index contributed by atoms with van der Waals surface area (Å²) >= 11 is 0. The molecular weight excluding hydrogens is 235 g/mol. The minimum atomic E-state index is -1.37. The number of aliphatic hydroxyl groups excluding tert-OH is 2. The Morgan fingerprint density at radius 3 is 2.59 bits per heavy atom. The fourth-order valence-electron chi connectivity index (χ4n) is 1.71. The second-order valence-corrected chi connectivity index (χ2v) is 3.86. The predicted molar refractivity (Wildman–Crippen MR) is 52.9 cm³/mol. The van der Waals surface area contributed by atoms with Crippen LogP contribution in [0, 0.1) is 5.82 Å². The smallest absolute Gasteiger partial charge is 0.330 e. The second kappa shape index (κ2) is 4.06. The summed E-state index contributed by atoms with van der Waals surface area (Å²) in [6.45, 7) is 1.50. The number of hydrogen-bond acceptors (Lipinski definition) is 5. The summed E-state index contributed by atoms with van der Waals surface area (Å²) in [4.78, 5) is 24.0. The number of halogens is 1. The monoisotopic (exact) mass is 246 g/mol. The van der Waals surface area contributed by atoms with Crippen LogP contribution in [0.15, 0.2) is 15.8 Å². The van der Waals surface area contributed by atoms with Crippen molar-refractivity contribution in [3.63, 3.8) is 0 Å². The Morgan fingerprint density at radius 2 is 2.06 bits per heavy atom. The van der Waals surface area contributed by atoms with Gasteiger partial charge in [-0.3, -0.25) is 14.3 Å². The molecule has 0 radical (unpaired) electrons. The molecule has 1 saturated heterocycles. The molecule has 0 aromatic carbocycles. The van der Waals surface area contributed by atoms with Crippen LogP contribution in [0.3, 0.4) is 0 Å². The van der Waals surface area contributed by atoms with Gasteiger partial charge in [-0.25, -0.2) is 4.79 Å². The van der Waals surface area contributed by atoms with Gasteiger partial charge in [0.25, 0.3) is 5.56 Å². The molecular formula is C9H11FN2O5. The molecule has 1 fully saturated rings. The fourth-order valence-corrected chi connectivity index (χ4v) is 1.71. The lowest BCUT2D eigenvalue weighted by Gasteiger charge is -2.16. The van der Waals surface area contributed by atoms with Crippen LogP contribution < -0.4 is 11.2 Å². The van der Waals surface area contributed by atoms with Crippen molar-refractivity contribution in [2.75, 3.05) is 0 Å². The molecule has 1 aliphatic heterocycles. The Labute approximate surface area is 94.1 Å². The molecule has 2 unspecified atom stereocenters. The van der Waals surface area contributed by atoms with E-state index in [2.05, 4.69) is 0 Å². The van der Waals surface area contributed by atoms with Crippen molar-refractivity contribution in [1.82, 2.24) is 9.55 Å². The van der Waals surface area contributed by atoms with E-state index in [-0.39, 0.29) is 0 Å². The van der Waals surface area contributed by atoms with E-state index in [0.29, 0.717) is 10.8 Å². The van der Waals surface area contributed by atoms with Gasteiger partial charge in [0.2, 0.25) is 5.82 Å². The second-order valence-electron chi connectivity index (χ2n) is 3.86. The summed E-state index contributed by atoms with van der Waals surface area (Å²) in [5.74, 6) is -1.17. The average Bonchev–Trinajstić information content (AvgIpc) is 2.51. The van der Waals surface area contributed by atoms with E-state index in [1.807, 2.05) is 0 Å². The summed E-state index contributed by atoms with van der Waals surface area (Å²) in [6.07, 6.45) is -3.83. The summed E-state index contributed by atoms with van der Waals surface area (Å²) in [5.41, 5.74) is -2.06. The van der Waals surface area contributed by atoms with E-state index in [9.17, 15) is 24.2 Å². The third-order valence-electron chi connectivity index (χ3n) is 2.68. The fraction of sp³-hybridized carbons (Fsp3) is 0.556. The number of rotatable bonds is 1. The number of aliphatic hydroxyl groups is 2. The van der Waals surface area contributed by atoms with Gasteiger partial charge in [0.1, 0.15) is 12.2 Å². The number of hydrogen-bond donors (Lipinski definition) is 3. The molecule has 0 aliphatic carbocycles. The van der Waals surface area contributed by atoms with E-state index in [4.69, 9.17) is 4.74 Å². The van der Waals surface area contributed by atoms with E-state index in [0.717, 1.165) is 0 Å². The molecule has 0 amide bonds. The van der Waals surface area contributed by atoms with Crippen molar-refractivity contribution in [3.8, 4) is 0 Å². The first-order valence-corrected chi connectivity index (χ1v) is 4.94. The van der Waals surface area contributed by atoms with Crippen molar-refractivity contribution in [2.45, 2.75) is 31.5 Å². The Hall–Kier alpha value is -1.51. The topological polar surface area (TPSA) is 105 Å². The maximum absolute atomic E-state index is 13.0. The molecule has 17 heavy (non-hydrogen) atoms. The minimum Gasteiger partial charge on any atom is -0.388 e. The molecule has 1 aromatic heterocycles. The number of nitrogens with one attached hydrogen (secondary N) is 1. The van der Waals surface area contributed by atoms with Crippen molar-refractivity contribution in [2.24, 2.45) is 0 Å². The molecule has 2 heterocycles. The average molecular weight is 246 g/mol. The molecule has 1 aromatic rings.